The normalized spacial score (nSPS) is 12.8. The van der Waals surface area contributed by atoms with E-state index in [2.05, 4.69) is 19.1 Å². The zero-order valence-corrected chi connectivity index (χ0v) is 8.97. The minimum atomic E-state index is -0.318. The molecule has 1 unspecified atom stereocenters. The van der Waals surface area contributed by atoms with E-state index < -0.39 is 0 Å². The van der Waals surface area contributed by atoms with Gasteiger partial charge in [0.15, 0.2) is 0 Å². The summed E-state index contributed by atoms with van der Waals surface area (Å²) >= 11 is 1.67. The Balaban J connectivity index is 2.75. The Hall–Kier alpha value is -0.470. The van der Waals surface area contributed by atoms with E-state index in [0.29, 0.717) is 0 Å². The first-order valence-electron chi connectivity index (χ1n) is 4.53. The maximum absolute atomic E-state index is 9.72. The van der Waals surface area contributed by atoms with Crippen LogP contribution in [0.3, 0.4) is 0 Å². The van der Waals surface area contributed by atoms with Crippen LogP contribution in [0.2, 0.25) is 0 Å². The van der Waals surface area contributed by atoms with Gasteiger partial charge in [-0.2, -0.15) is 11.8 Å². The van der Waals surface area contributed by atoms with E-state index in [1.165, 1.54) is 5.56 Å². The Bertz CT molecular complexity index is 260. The zero-order chi connectivity index (χ0) is 9.68. The number of benzene rings is 1. The smallest absolute Gasteiger partial charge is 0.0880 e. The minimum absolute atomic E-state index is 0.318. The summed E-state index contributed by atoms with van der Waals surface area (Å²) in [5, 5.41) is 9.72. The Morgan fingerprint density at radius 1 is 1.46 bits per heavy atom. The molecule has 0 amide bonds. The van der Waals surface area contributed by atoms with Crippen molar-refractivity contribution in [2.75, 3.05) is 12.0 Å². The van der Waals surface area contributed by atoms with E-state index in [1.807, 2.05) is 18.4 Å². The topological polar surface area (TPSA) is 20.2 Å². The molecule has 0 radical (unpaired) electrons. The molecule has 1 aromatic rings. The maximum atomic E-state index is 9.72. The molecule has 0 saturated carbocycles. The highest BCUT2D eigenvalue weighted by Crippen LogP contribution is 2.18. The predicted octanol–water partition coefficient (Wildman–Crippen LogP) is 2.65. The summed E-state index contributed by atoms with van der Waals surface area (Å²) in [6.45, 7) is 2.13. The number of thioether (sulfide) groups is 1. The molecular weight excluding hydrogens is 180 g/mol. The molecular formula is C11H16OS. The molecule has 0 fully saturated rings. The van der Waals surface area contributed by atoms with Gasteiger partial charge >= 0.3 is 0 Å². The van der Waals surface area contributed by atoms with E-state index in [4.69, 9.17) is 0 Å². The number of aliphatic hydroxyl groups is 1. The number of aliphatic hydroxyl groups excluding tert-OH is 1. The molecule has 0 heterocycles. The largest absolute Gasteiger partial charge is 0.388 e. The first-order chi connectivity index (χ1) is 6.27. The lowest BCUT2D eigenvalue weighted by Crippen LogP contribution is -2.00. The van der Waals surface area contributed by atoms with Crippen LogP contribution in [-0.4, -0.2) is 17.1 Å². The highest BCUT2D eigenvalue weighted by atomic mass is 32.2. The fourth-order valence-corrected chi connectivity index (χ4v) is 1.78. The monoisotopic (exact) mass is 196 g/mol. The molecule has 0 aliphatic heterocycles. The van der Waals surface area contributed by atoms with Crippen molar-refractivity contribution in [3.63, 3.8) is 0 Å². The van der Waals surface area contributed by atoms with Crippen LogP contribution in [0.4, 0.5) is 0 Å². The third kappa shape index (κ3) is 3.05. The average molecular weight is 196 g/mol. The molecule has 0 aromatic heterocycles. The van der Waals surface area contributed by atoms with Gasteiger partial charge in [0.25, 0.3) is 0 Å². The first-order valence-corrected chi connectivity index (χ1v) is 5.93. The van der Waals surface area contributed by atoms with E-state index in [9.17, 15) is 5.11 Å². The van der Waals surface area contributed by atoms with Gasteiger partial charge in [0.2, 0.25) is 0 Å². The highest BCUT2D eigenvalue weighted by molar-refractivity contribution is 7.98. The van der Waals surface area contributed by atoms with Crippen LogP contribution in [0, 0.1) is 0 Å². The summed E-state index contributed by atoms with van der Waals surface area (Å²) < 4.78 is 0. The van der Waals surface area contributed by atoms with Crippen LogP contribution in [0.5, 0.6) is 0 Å². The zero-order valence-electron chi connectivity index (χ0n) is 8.16. The maximum Gasteiger partial charge on any atom is 0.0880 e. The standard InChI is InChI=1S/C11H16OS/c1-3-9-5-4-6-10(7-9)11(12)8-13-2/h4-7,11-12H,3,8H2,1-2H3. The number of aryl methyl sites for hydroxylation is 1. The molecule has 1 N–H and O–H groups in total. The summed E-state index contributed by atoms with van der Waals surface area (Å²) in [5.74, 6) is 0.771. The summed E-state index contributed by atoms with van der Waals surface area (Å²) in [4.78, 5) is 0. The number of hydrogen-bond donors (Lipinski definition) is 1. The third-order valence-corrected chi connectivity index (χ3v) is 2.72. The van der Waals surface area contributed by atoms with Gasteiger partial charge in [-0.05, 0) is 23.8 Å². The lowest BCUT2D eigenvalue weighted by atomic mass is 10.1. The summed E-state index contributed by atoms with van der Waals surface area (Å²) in [6, 6.07) is 8.17. The van der Waals surface area contributed by atoms with Crippen molar-refractivity contribution in [2.24, 2.45) is 0 Å². The second-order valence-electron chi connectivity index (χ2n) is 3.07. The molecule has 0 aliphatic rings. The summed E-state index contributed by atoms with van der Waals surface area (Å²) in [7, 11) is 0. The van der Waals surface area contributed by atoms with Gasteiger partial charge in [-0.1, -0.05) is 31.2 Å². The Morgan fingerprint density at radius 2 is 2.23 bits per heavy atom. The summed E-state index contributed by atoms with van der Waals surface area (Å²) in [6.07, 6.45) is 2.72. The third-order valence-electron chi connectivity index (χ3n) is 2.07. The van der Waals surface area contributed by atoms with Gasteiger partial charge < -0.3 is 5.11 Å². The Labute approximate surface area is 84.2 Å². The van der Waals surface area contributed by atoms with Crippen LogP contribution in [-0.2, 0) is 6.42 Å². The second kappa shape index (κ2) is 5.30. The molecule has 13 heavy (non-hydrogen) atoms. The van der Waals surface area contributed by atoms with Gasteiger partial charge in [0, 0.05) is 5.75 Å². The van der Waals surface area contributed by atoms with E-state index in [0.717, 1.165) is 17.7 Å². The number of hydrogen-bond acceptors (Lipinski definition) is 2. The molecule has 1 atom stereocenters. The van der Waals surface area contributed by atoms with E-state index >= 15 is 0 Å². The summed E-state index contributed by atoms with van der Waals surface area (Å²) in [5.41, 5.74) is 2.33. The molecule has 0 bridgehead atoms. The van der Waals surface area contributed by atoms with Crippen molar-refractivity contribution < 1.29 is 5.11 Å². The Kier molecular flexibility index (Phi) is 4.33. The Morgan fingerprint density at radius 3 is 2.85 bits per heavy atom. The lowest BCUT2D eigenvalue weighted by molar-refractivity contribution is 0.204. The van der Waals surface area contributed by atoms with Crippen molar-refractivity contribution in [3.05, 3.63) is 35.4 Å². The molecule has 1 rings (SSSR count). The van der Waals surface area contributed by atoms with Crippen LogP contribution < -0.4 is 0 Å². The molecule has 2 heteroatoms. The van der Waals surface area contributed by atoms with Crippen LogP contribution >= 0.6 is 11.8 Å². The second-order valence-corrected chi connectivity index (χ2v) is 3.98. The van der Waals surface area contributed by atoms with Gasteiger partial charge in [0.1, 0.15) is 0 Å². The fourth-order valence-electron chi connectivity index (χ4n) is 1.27. The molecule has 1 aromatic carbocycles. The van der Waals surface area contributed by atoms with Gasteiger partial charge in [-0.3, -0.25) is 0 Å². The van der Waals surface area contributed by atoms with Crippen molar-refractivity contribution >= 4 is 11.8 Å². The van der Waals surface area contributed by atoms with Crippen molar-refractivity contribution in [2.45, 2.75) is 19.4 Å². The minimum Gasteiger partial charge on any atom is -0.388 e. The van der Waals surface area contributed by atoms with Crippen molar-refractivity contribution in [3.8, 4) is 0 Å². The van der Waals surface area contributed by atoms with Crippen LogP contribution in [0.1, 0.15) is 24.2 Å². The highest BCUT2D eigenvalue weighted by Gasteiger charge is 2.05. The number of rotatable bonds is 4. The van der Waals surface area contributed by atoms with Gasteiger partial charge in [0.05, 0.1) is 6.10 Å². The van der Waals surface area contributed by atoms with E-state index in [-0.39, 0.29) is 6.10 Å². The predicted molar refractivity (Wildman–Crippen MR) is 59.2 cm³/mol. The van der Waals surface area contributed by atoms with Crippen LogP contribution in [0.15, 0.2) is 24.3 Å². The fraction of sp³-hybridized carbons (Fsp3) is 0.455. The molecule has 0 aliphatic carbocycles. The van der Waals surface area contributed by atoms with Crippen LogP contribution in [0.25, 0.3) is 0 Å². The molecule has 0 saturated heterocycles. The molecule has 1 nitrogen and oxygen atoms in total. The average Bonchev–Trinajstić information content (AvgIpc) is 2.18. The van der Waals surface area contributed by atoms with Gasteiger partial charge in [-0.15, -0.1) is 0 Å². The van der Waals surface area contributed by atoms with Crippen molar-refractivity contribution in [1.82, 2.24) is 0 Å². The van der Waals surface area contributed by atoms with Crippen molar-refractivity contribution in [1.29, 1.82) is 0 Å². The first kappa shape index (κ1) is 10.6. The lowest BCUT2D eigenvalue weighted by Gasteiger charge is -2.10. The van der Waals surface area contributed by atoms with Gasteiger partial charge in [-0.25, -0.2) is 0 Å². The molecule has 72 valence electrons. The molecule has 0 spiro atoms. The SMILES string of the molecule is CCc1cccc(C(O)CSC)c1. The quantitative estimate of drug-likeness (QED) is 0.799. The van der Waals surface area contributed by atoms with E-state index in [1.54, 1.807) is 11.8 Å².